The zero-order valence-electron chi connectivity index (χ0n) is 16.8. The van der Waals surface area contributed by atoms with Crippen LogP contribution in [0.2, 0.25) is 0 Å². The van der Waals surface area contributed by atoms with Crippen LogP contribution in [-0.4, -0.2) is 45.6 Å². The molecule has 2 aromatic rings. The molecule has 0 bridgehead atoms. The normalized spacial score (nSPS) is 24.4. The summed E-state index contributed by atoms with van der Waals surface area (Å²) in [6.45, 7) is 2.21. The highest BCUT2D eigenvalue weighted by molar-refractivity contribution is 8.00. The number of hydrogen-bond donors (Lipinski definition) is 3. The molecule has 2 aliphatic rings. The summed E-state index contributed by atoms with van der Waals surface area (Å²) < 4.78 is 1.73. The van der Waals surface area contributed by atoms with E-state index in [-0.39, 0.29) is 17.3 Å². The molecule has 5 N–H and O–H groups in total. The minimum absolute atomic E-state index is 0.0191. The van der Waals surface area contributed by atoms with Crippen molar-refractivity contribution >= 4 is 23.5 Å². The number of hydrogen-bond acceptors (Lipinski definition) is 7. The molecule has 30 heavy (non-hydrogen) atoms. The molecule has 0 spiro atoms. The first-order chi connectivity index (χ1) is 14.6. The first-order valence-electron chi connectivity index (χ1n) is 10.4. The fourth-order valence-electron chi connectivity index (χ4n) is 4.41. The number of aromatic nitrogens is 2. The SMILES string of the molecule is N#CN1CCCC(n2nc(C3CCCNC3Sc3ccccc3)c(C(N)=O)c2N)C1. The minimum Gasteiger partial charge on any atom is -0.383 e. The lowest BCUT2D eigenvalue weighted by Gasteiger charge is -2.32. The first-order valence-corrected chi connectivity index (χ1v) is 11.2. The van der Waals surface area contributed by atoms with Crippen LogP contribution in [0.1, 0.15) is 53.7 Å². The summed E-state index contributed by atoms with van der Waals surface area (Å²) in [5.74, 6) is -0.210. The fourth-order valence-corrected chi connectivity index (χ4v) is 5.65. The summed E-state index contributed by atoms with van der Waals surface area (Å²) in [6, 6.07) is 10.2. The number of anilines is 1. The molecule has 0 saturated carbocycles. The number of nitrogens with one attached hydrogen (secondary N) is 1. The molecule has 2 fully saturated rings. The average molecular weight is 426 g/mol. The molecule has 1 amide bonds. The van der Waals surface area contributed by atoms with Gasteiger partial charge in [-0.2, -0.15) is 10.4 Å². The van der Waals surface area contributed by atoms with E-state index in [2.05, 4.69) is 23.6 Å². The fraction of sp³-hybridized carbons (Fsp3) is 0.476. The van der Waals surface area contributed by atoms with Crippen LogP contribution in [0, 0.1) is 11.5 Å². The van der Waals surface area contributed by atoms with Gasteiger partial charge in [0.2, 0.25) is 0 Å². The molecule has 1 aromatic carbocycles. The molecule has 3 unspecified atom stereocenters. The largest absolute Gasteiger partial charge is 0.383 e. The van der Waals surface area contributed by atoms with Crippen molar-refractivity contribution in [2.75, 3.05) is 25.4 Å². The lowest BCUT2D eigenvalue weighted by molar-refractivity contribution is 0.0999. The quantitative estimate of drug-likeness (QED) is 0.627. The Morgan fingerprint density at radius 1 is 1.27 bits per heavy atom. The predicted octanol–water partition coefficient (Wildman–Crippen LogP) is 2.27. The standard InChI is InChI=1S/C21H27N7OS/c22-13-27-11-5-6-14(12-27)28-19(23)17(20(24)29)18(26-28)16-9-4-10-25-21(16)30-15-7-2-1-3-8-15/h1-3,7-8,14,16,21,25H,4-6,9-12,23H2,(H2,24,29). The maximum atomic E-state index is 12.4. The van der Waals surface area contributed by atoms with Gasteiger partial charge >= 0.3 is 0 Å². The summed E-state index contributed by atoms with van der Waals surface area (Å²) in [4.78, 5) is 15.2. The van der Waals surface area contributed by atoms with Gasteiger partial charge in [0.05, 0.1) is 23.7 Å². The summed E-state index contributed by atoms with van der Waals surface area (Å²) in [5.41, 5.74) is 13.2. The van der Waals surface area contributed by atoms with Gasteiger partial charge < -0.3 is 21.7 Å². The monoisotopic (exact) mass is 425 g/mol. The Kier molecular flexibility index (Phi) is 6.16. The number of primary amides is 1. The molecule has 3 atom stereocenters. The number of nitrogens with two attached hydrogens (primary N) is 2. The Morgan fingerprint density at radius 2 is 2.07 bits per heavy atom. The van der Waals surface area contributed by atoms with Crippen LogP contribution >= 0.6 is 11.8 Å². The third-order valence-electron chi connectivity index (χ3n) is 5.87. The van der Waals surface area contributed by atoms with Crippen LogP contribution in [0.15, 0.2) is 35.2 Å². The number of piperidine rings is 2. The van der Waals surface area contributed by atoms with Gasteiger partial charge in [-0.1, -0.05) is 18.2 Å². The number of rotatable bonds is 5. The minimum atomic E-state index is -0.546. The molecule has 2 saturated heterocycles. The van der Waals surface area contributed by atoms with Crippen LogP contribution in [0.5, 0.6) is 0 Å². The van der Waals surface area contributed by atoms with E-state index >= 15 is 0 Å². The van der Waals surface area contributed by atoms with E-state index in [0.29, 0.717) is 23.6 Å². The number of nitrogens with zero attached hydrogens (tertiary/aromatic N) is 4. The zero-order valence-corrected chi connectivity index (χ0v) is 17.6. The van der Waals surface area contributed by atoms with E-state index in [4.69, 9.17) is 16.6 Å². The maximum Gasteiger partial charge on any atom is 0.254 e. The van der Waals surface area contributed by atoms with Crippen LogP contribution in [0.25, 0.3) is 0 Å². The van der Waals surface area contributed by atoms with Crippen molar-refractivity contribution in [1.29, 1.82) is 5.26 Å². The van der Waals surface area contributed by atoms with Crippen molar-refractivity contribution in [3.63, 3.8) is 0 Å². The van der Waals surface area contributed by atoms with E-state index in [1.54, 1.807) is 21.3 Å². The summed E-state index contributed by atoms with van der Waals surface area (Å²) in [5, 5.41) is 17.8. The molecule has 0 radical (unpaired) electrons. The van der Waals surface area contributed by atoms with E-state index in [1.807, 2.05) is 18.2 Å². The molecule has 0 aliphatic carbocycles. The average Bonchev–Trinajstić information content (AvgIpc) is 3.12. The maximum absolute atomic E-state index is 12.4. The number of likely N-dealkylation sites (tertiary alicyclic amines) is 1. The highest BCUT2D eigenvalue weighted by atomic mass is 32.2. The van der Waals surface area contributed by atoms with E-state index in [9.17, 15) is 10.1 Å². The summed E-state index contributed by atoms with van der Waals surface area (Å²) in [7, 11) is 0. The van der Waals surface area contributed by atoms with Crippen LogP contribution in [0.4, 0.5) is 5.82 Å². The number of amides is 1. The molecule has 9 heteroatoms. The molecular formula is C21H27N7OS. The van der Waals surface area contributed by atoms with E-state index in [0.717, 1.165) is 43.7 Å². The number of thioether (sulfide) groups is 1. The smallest absolute Gasteiger partial charge is 0.254 e. The molecule has 1 aromatic heterocycles. The van der Waals surface area contributed by atoms with Crippen molar-refractivity contribution < 1.29 is 4.79 Å². The van der Waals surface area contributed by atoms with Crippen molar-refractivity contribution in [2.45, 2.75) is 47.9 Å². The van der Waals surface area contributed by atoms with Gasteiger partial charge in [-0.25, -0.2) is 4.68 Å². The third-order valence-corrected chi connectivity index (χ3v) is 7.16. The second-order valence-corrected chi connectivity index (χ2v) is 9.07. The Balaban J connectivity index is 1.67. The van der Waals surface area contributed by atoms with Crippen molar-refractivity contribution in [2.24, 2.45) is 5.73 Å². The molecule has 3 heterocycles. The number of benzene rings is 1. The number of carbonyl (C=O) groups is 1. The lowest BCUT2D eigenvalue weighted by atomic mass is 9.93. The highest BCUT2D eigenvalue weighted by Crippen LogP contribution is 2.40. The lowest BCUT2D eigenvalue weighted by Crippen LogP contribution is -2.38. The third kappa shape index (κ3) is 4.11. The van der Waals surface area contributed by atoms with Gasteiger partial charge in [0.15, 0.2) is 6.19 Å². The summed E-state index contributed by atoms with van der Waals surface area (Å²) >= 11 is 1.74. The Bertz CT molecular complexity index is 939. The Labute approximate surface area is 180 Å². The molecule has 2 aliphatic heterocycles. The number of nitriles is 1. The second kappa shape index (κ2) is 8.98. The van der Waals surface area contributed by atoms with Crippen LogP contribution in [0.3, 0.4) is 0 Å². The first kappa shape index (κ1) is 20.6. The van der Waals surface area contributed by atoms with Gasteiger partial charge in [0.25, 0.3) is 5.91 Å². The molecular weight excluding hydrogens is 398 g/mol. The van der Waals surface area contributed by atoms with Gasteiger partial charge in [0, 0.05) is 17.4 Å². The van der Waals surface area contributed by atoms with Crippen molar-refractivity contribution in [1.82, 2.24) is 20.0 Å². The Hall–Kier alpha value is -2.70. The van der Waals surface area contributed by atoms with E-state index in [1.165, 1.54) is 0 Å². The van der Waals surface area contributed by atoms with Crippen molar-refractivity contribution in [3.8, 4) is 6.19 Å². The number of nitrogen functional groups attached to an aromatic ring is 1. The Morgan fingerprint density at radius 3 is 2.80 bits per heavy atom. The van der Waals surface area contributed by atoms with Gasteiger partial charge in [-0.3, -0.25) is 4.79 Å². The number of carbonyl (C=O) groups excluding carboxylic acids is 1. The van der Waals surface area contributed by atoms with E-state index < -0.39 is 5.91 Å². The molecule has 4 rings (SSSR count). The summed E-state index contributed by atoms with van der Waals surface area (Å²) in [6.07, 6.45) is 5.86. The van der Waals surface area contributed by atoms with Gasteiger partial charge in [-0.15, -0.1) is 11.8 Å². The van der Waals surface area contributed by atoms with Gasteiger partial charge in [-0.05, 0) is 44.4 Å². The second-order valence-electron chi connectivity index (χ2n) is 7.85. The van der Waals surface area contributed by atoms with Crippen LogP contribution in [-0.2, 0) is 0 Å². The van der Waals surface area contributed by atoms with Gasteiger partial charge in [0.1, 0.15) is 11.4 Å². The molecule has 158 valence electrons. The van der Waals surface area contributed by atoms with Crippen molar-refractivity contribution in [3.05, 3.63) is 41.6 Å². The predicted molar refractivity (Wildman–Crippen MR) is 117 cm³/mol. The zero-order chi connectivity index (χ0) is 21.1. The topological polar surface area (TPSA) is 126 Å². The highest BCUT2D eigenvalue weighted by Gasteiger charge is 2.35. The van der Waals surface area contributed by atoms with Crippen LogP contribution < -0.4 is 16.8 Å². The molecule has 8 nitrogen and oxygen atoms in total.